The van der Waals surface area contributed by atoms with Gasteiger partial charge in [-0.25, -0.2) is 14.2 Å². The molecule has 1 aromatic heterocycles. The quantitative estimate of drug-likeness (QED) is 0.766. The number of benzene rings is 1. The first kappa shape index (κ1) is 20.0. The first-order valence-corrected chi connectivity index (χ1v) is 10.1. The molecule has 1 N–H and O–H groups in total. The van der Waals surface area contributed by atoms with Crippen LogP contribution in [0.5, 0.6) is 0 Å². The lowest BCUT2D eigenvalue weighted by atomic mass is 10.2. The van der Waals surface area contributed by atoms with E-state index >= 15 is 0 Å². The monoisotopic (exact) mass is 433 g/mol. The molecule has 10 nitrogen and oxygen atoms in total. The van der Waals surface area contributed by atoms with E-state index in [1.54, 1.807) is 28.4 Å². The lowest BCUT2D eigenvalue weighted by molar-refractivity contribution is -0.119. The zero-order valence-electron chi connectivity index (χ0n) is 16.4. The van der Waals surface area contributed by atoms with Crippen molar-refractivity contribution in [1.82, 2.24) is 15.5 Å². The summed E-state index contributed by atoms with van der Waals surface area (Å²) in [6, 6.07) is 4.57. The number of amides is 2. The van der Waals surface area contributed by atoms with Crippen LogP contribution in [0, 0.1) is 12.7 Å². The minimum absolute atomic E-state index is 0.206. The second-order valence-electron chi connectivity index (χ2n) is 6.84. The van der Waals surface area contributed by atoms with Gasteiger partial charge in [0.05, 0.1) is 31.0 Å². The summed E-state index contributed by atoms with van der Waals surface area (Å²) in [6.45, 7) is 4.77. The number of halogens is 1. The summed E-state index contributed by atoms with van der Waals surface area (Å²) >= 11 is 1.44. The summed E-state index contributed by atoms with van der Waals surface area (Å²) in [6.07, 6.45) is 0.500. The standard InChI is InChI=1S/C18H20FN7O3S/c1-11(27)20-8-14-9-25(18(28)29-14)13-3-4-16(15(19)7-13)24-5-6-26(21-10-24)17-23-22-12(2)30-17/h3-4,7,10,14H,5-6,8-9H2,1-2H3,(H,20,27)/t14-/m0/s1. The maximum atomic E-state index is 14.8. The number of aromatic nitrogens is 2. The second-order valence-corrected chi connectivity index (χ2v) is 8.00. The van der Waals surface area contributed by atoms with Crippen molar-refractivity contribution in [3.8, 4) is 0 Å². The van der Waals surface area contributed by atoms with E-state index in [1.165, 1.54) is 29.2 Å². The average Bonchev–Trinajstić information content (AvgIpc) is 3.32. The summed E-state index contributed by atoms with van der Waals surface area (Å²) in [5, 5.41) is 18.2. The van der Waals surface area contributed by atoms with Gasteiger partial charge in [0.1, 0.15) is 23.3 Å². The van der Waals surface area contributed by atoms with Gasteiger partial charge in [0, 0.05) is 13.5 Å². The van der Waals surface area contributed by atoms with Gasteiger partial charge >= 0.3 is 6.09 Å². The molecule has 2 aliphatic heterocycles. The highest BCUT2D eigenvalue weighted by atomic mass is 32.1. The van der Waals surface area contributed by atoms with Crippen molar-refractivity contribution in [3.05, 3.63) is 29.0 Å². The maximum absolute atomic E-state index is 14.8. The Morgan fingerprint density at radius 1 is 1.37 bits per heavy atom. The van der Waals surface area contributed by atoms with Gasteiger partial charge in [-0.05, 0) is 25.1 Å². The third-order valence-corrected chi connectivity index (χ3v) is 5.48. The molecule has 3 heterocycles. The summed E-state index contributed by atoms with van der Waals surface area (Å²) in [5.41, 5.74) is 0.754. The van der Waals surface area contributed by atoms with Crippen LogP contribution < -0.4 is 20.1 Å². The Labute approximate surface area is 175 Å². The van der Waals surface area contributed by atoms with Gasteiger partial charge in [-0.3, -0.25) is 9.69 Å². The third-order valence-electron chi connectivity index (χ3n) is 4.62. The molecule has 0 bridgehead atoms. The van der Waals surface area contributed by atoms with Gasteiger partial charge < -0.3 is 15.0 Å². The SMILES string of the molecule is CC(=O)NC[C@H]1CN(c2ccc(N3C=NN(c4nnc(C)s4)CC3)c(F)c2)C(=O)O1. The van der Waals surface area contributed by atoms with Gasteiger partial charge in [-0.15, -0.1) is 10.2 Å². The number of carbonyl (C=O) groups is 2. The molecule has 30 heavy (non-hydrogen) atoms. The Morgan fingerprint density at radius 3 is 2.83 bits per heavy atom. The van der Waals surface area contributed by atoms with E-state index in [0.29, 0.717) is 29.6 Å². The van der Waals surface area contributed by atoms with Gasteiger partial charge in [0.15, 0.2) is 0 Å². The Kier molecular flexibility index (Phi) is 5.48. The Balaban J connectivity index is 1.44. The molecule has 0 radical (unpaired) electrons. The number of rotatable bonds is 5. The van der Waals surface area contributed by atoms with Gasteiger partial charge in [0.25, 0.3) is 0 Å². The molecule has 0 saturated carbocycles. The van der Waals surface area contributed by atoms with Crippen LogP contribution in [0.3, 0.4) is 0 Å². The predicted molar refractivity (Wildman–Crippen MR) is 111 cm³/mol. The maximum Gasteiger partial charge on any atom is 0.414 e. The minimum atomic E-state index is -0.569. The van der Waals surface area contributed by atoms with Gasteiger partial charge in [-0.2, -0.15) is 5.10 Å². The van der Waals surface area contributed by atoms with Gasteiger partial charge in [-0.1, -0.05) is 11.3 Å². The van der Waals surface area contributed by atoms with E-state index in [9.17, 15) is 14.0 Å². The average molecular weight is 433 g/mol. The smallest absolute Gasteiger partial charge is 0.414 e. The molecule has 0 spiro atoms. The number of carbonyl (C=O) groups excluding carboxylic acids is 2. The van der Waals surface area contributed by atoms with Crippen molar-refractivity contribution in [3.63, 3.8) is 0 Å². The van der Waals surface area contributed by atoms with Crippen LogP contribution in [0.15, 0.2) is 23.3 Å². The fraction of sp³-hybridized carbons (Fsp3) is 0.389. The van der Waals surface area contributed by atoms with Crippen LogP contribution in [0.2, 0.25) is 0 Å². The van der Waals surface area contributed by atoms with Crippen molar-refractivity contribution in [1.29, 1.82) is 0 Å². The van der Waals surface area contributed by atoms with Crippen LogP contribution in [0.4, 0.5) is 25.7 Å². The molecule has 1 saturated heterocycles. The molecule has 158 valence electrons. The topological polar surface area (TPSA) is 103 Å². The van der Waals surface area contributed by atoms with E-state index in [0.717, 1.165) is 5.01 Å². The van der Waals surface area contributed by atoms with Crippen LogP contribution >= 0.6 is 11.3 Å². The molecule has 4 rings (SSSR count). The number of cyclic esters (lactones) is 1. The fourth-order valence-corrected chi connectivity index (χ4v) is 3.82. The lowest BCUT2D eigenvalue weighted by Gasteiger charge is -2.28. The molecule has 12 heteroatoms. The summed E-state index contributed by atoms with van der Waals surface area (Å²) < 4.78 is 20.0. The Bertz CT molecular complexity index is 998. The van der Waals surface area contributed by atoms with E-state index in [2.05, 4.69) is 20.6 Å². The van der Waals surface area contributed by atoms with Crippen LogP contribution in [0.25, 0.3) is 0 Å². The minimum Gasteiger partial charge on any atom is -0.442 e. The molecule has 0 aliphatic carbocycles. The summed E-state index contributed by atoms with van der Waals surface area (Å²) in [7, 11) is 0. The predicted octanol–water partition coefficient (Wildman–Crippen LogP) is 1.72. The lowest BCUT2D eigenvalue weighted by Crippen LogP contribution is -2.38. The molecule has 2 aliphatic rings. The number of hydrazone groups is 1. The summed E-state index contributed by atoms with van der Waals surface area (Å²) in [4.78, 5) is 26.2. The number of hydrogen-bond acceptors (Lipinski definition) is 9. The molecular weight excluding hydrogens is 413 g/mol. The molecule has 1 atom stereocenters. The van der Waals surface area contributed by atoms with E-state index < -0.39 is 18.0 Å². The third kappa shape index (κ3) is 4.17. The molecule has 0 unspecified atom stereocenters. The highest BCUT2D eigenvalue weighted by molar-refractivity contribution is 7.15. The Hall–Kier alpha value is -3.28. The van der Waals surface area contributed by atoms with Crippen molar-refractivity contribution >= 4 is 46.2 Å². The molecule has 1 fully saturated rings. The van der Waals surface area contributed by atoms with E-state index in [-0.39, 0.29) is 19.0 Å². The number of aryl methyl sites for hydroxylation is 1. The number of nitrogens with zero attached hydrogens (tertiary/aromatic N) is 6. The van der Waals surface area contributed by atoms with Crippen molar-refractivity contribution in [2.24, 2.45) is 5.10 Å². The van der Waals surface area contributed by atoms with E-state index in [1.807, 2.05) is 6.92 Å². The summed E-state index contributed by atoms with van der Waals surface area (Å²) in [5.74, 6) is -0.680. The van der Waals surface area contributed by atoms with Crippen molar-refractivity contribution in [2.75, 3.05) is 41.0 Å². The first-order chi connectivity index (χ1) is 14.4. The highest BCUT2D eigenvalue weighted by Crippen LogP contribution is 2.29. The molecular formula is C18H20FN7O3S. The zero-order valence-corrected chi connectivity index (χ0v) is 17.2. The molecule has 2 aromatic rings. The normalized spacial score (nSPS) is 18.7. The van der Waals surface area contributed by atoms with Gasteiger partial charge in [0.2, 0.25) is 11.0 Å². The first-order valence-electron chi connectivity index (χ1n) is 9.31. The Morgan fingerprint density at radius 2 is 2.20 bits per heavy atom. The molecule has 1 aromatic carbocycles. The van der Waals surface area contributed by atoms with Crippen LogP contribution in [0.1, 0.15) is 11.9 Å². The fourth-order valence-electron chi connectivity index (χ4n) is 3.15. The number of hydrogen-bond donors (Lipinski definition) is 1. The number of anilines is 3. The van der Waals surface area contributed by atoms with E-state index in [4.69, 9.17) is 4.74 Å². The highest BCUT2D eigenvalue weighted by Gasteiger charge is 2.33. The number of nitrogens with one attached hydrogen (secondary N) is 1. The largest absolute Gasteiger partial charge is 0.442 e. The number of ether oxygens (including phenoxy) is 1. The second kappa shape index (κ2) is 8.22. The van der Waals surface area contributed by atoms with Crippen molar-refractivity contribution < 1.29 is 18.7 Å². The molecule has 2 amide bonds. The van der Waals surface area contributed by atoms with Crippen LogP contribution in [-0.4, -0.2) is 60.8 Å². The zero-order chi connectivity index (χ0) is 21.3. The van der Waals surface area contributed by atoms with Crippen LogP contribution in [-0.2, 0) is 9.53 Å². The van der Waals surface area contributed by atoms with Crippen molar-refractivity contribution in [2.45, 2.75) is 20.0 Å².